The van der Waals surface area contributed by atoms with Crippen LogP contribution in [0.4, 0.5) is 0 Å². The second-order valence-electron chi connectivity index (χ2n) is 4.75. The van der Waals surface area contributed by atoms with Gasteiger partial charge in [0.05, 0.1) is 5.92 Å². The Balaban J connectivity index is 2.09. The molecule has 0 spiro atoms. The average molecular weight is 251 g/mol. The zero-order valence-electron chi connectivity index (χ0n) is 10.5. The number of nitrogens with zero attached hydrogens (tertiary/aromatic N) is 1. The average Bonchev–Trinajstić information content (AvgIpc) is 2.94. The minimum Gasteiger partial charge on any atom is -0.481 e. The summed E-state index contributed by atoms with van der Waals surface area (Å²) < 4.78 is 5.40. The number of aliphatic carboxylic acids is 1. The van der Waals surface area contributed by atoms with Gasteiger partial charge >= 0.3 is 5.97 Å². The van der Waals surface area contributed by atoms with E-state index in [2.05, 4.69) is 0 Å². The fourth-order valence-electron chi connectivity index (χ4n) is 2.29. The van der Waals surface area contributed by atoms with Crippen LogP contribution in [0.15, 0.2) is 16.5 Å². The molecule has 2 heterocycles. The quantitative estimate of drug-likeness (QED) is 0.886. The fraction of sp³-hybridized carbons (Fsp3) is 0.538. The molecule has 2 atom stereocenters. The predicted molar refractivity (Wildman–Crippen MR) is 64.3 cm³/mol. The SMILES string of the molecule is CCc1ccc(C(=O)N2C[C@@H](C)[C@H](C(=O)O)C2)o1. The van der Waals surface area contributed by atoms with Gasteiger partial charge in [-0.3, -0.25) is 9.59 Å². The molecular weight excluding hydrogens is 234 g/mol. The molecule has 18 heavy (non-hydrogen) atoms. The van der Waals surface area contributed by atoms with Crippen LogP contribution in [-0.4, -0.2) is 35.0 Å². The van der Waals surface area contributed by atoms with E-state index in [4.69, 9.17) is 9.52 Å². The zero-order valence-corrected chi connectivity index (χ0v) is 10.5. The van der Waals surface area contributed by atoms with E-state index in [1.807, 2.05) is 13.8 Å². The molecule has 1 aliphatic heterocycles. The fourth-order valence-corrected chi connectivity index (χ4v) is 2.29. The van der Waals surface area contributed by atoms with Crippen LogP contribution in [0.5, 0.6) is 0 Å². The monoisotopic (exact) mass is 251 g/mol. The Kier molecular flexibility index (Phi) is 3.41. The topological polar surface area (TPSA) is 70.8 Å². The molecular formula is C13H17NO4. The van der Waals surface area contributed by atoms with E-state index < -0.39 is 11.9 Å². The smallest absolute Gasteiger partial charge is 0.308 e. The molecule has 0 aromatic carbocycles. The summed E-state index contributed by atoms with van der Waals surface area (Å²) >= 11 is 0. The summed E-state index contributed by atoms with van der Waals surface area (Å²) in [4.78, 5) is 24.7. The molecule has 1 aromatic heterocycles. The Bertz CT molecular complexity index is 465. The van der Waals surface area contributed by atoms with Gasteiger partial charge in [0.15, 0.2) is 5.76 Å². The molecule has 0 unspecified atom stereocenters. The van der Waals surface area contributed by atoms with E-state index in [1.165, 1.54) is 0 Å². The molecule has 98 valence electrons. The van der Waals surface area contributed by atoms with Crippen LogP contribution in [-0.2, 0) is 11.2 Å². The number of carbonyl (C=O) groups excluding carboxylic acids is 1. The van der Waals surface area contributed by atoms with Crippen molar-refractivity contribution < 1.29 is 19.1 Å². The third-order valence-corrected chi connectivity index (χ3v) is 3.44. The normalized spacial score (nSPS) is 23.3. The summed E-state index contributed by atoms with van der Waals surface area (Å²) in [6.45, 7) is 4.53. The Morgan fingerprint density at radius 1 is 1.44 bits per heavy atom. The highest BCUT2D eigenvalue weighted by Gasteiger charge is 2.37. The van der Waals surface area contributed by atoms with Crippen molar-refractivity contribution in [2.24, 2.45) is 11.8 Å². The second kappa shape index (κ2) is 4.84. The van der Waals surface area contributed by atoms with Crippen LogP contribution in [0, 0.1) is 11.8 Å². The van der Waals surface area contributed by atoms with Crippen molar-refractivity contribution in [1.29, 1.82) is 0 Å². The molecule has 1 saturated heterocycles. The molecule has 5 heteroatoms. The van der Waals surface area contributed by atoms with Crippen LogP contribution in [0.3, 0.4) is 0 Å². The van der Waals surface area contributed by atoms with Gasteiger partial charge in [0.25, 0.3) is 5.91 Å². The van der Waals surface area contributed by atoms with Crippen molar-refractivity contribution in [1.82, 2.24) is 4.90 Å². The number of likely N-dealkylation sites (tertiary alicyclic amines) is 1. The van der Waals surface area contributed by atoms with Crippen molar-refractivity contribution in [3.63, 3.8) is 0 Å². The lowest BCUT2D eigenvalue weighted by Gasteiger charge is -2.13. The van der Waals surface area contributed by atoms with Crippen molar-refractivity contribution in [2.45, 2.75) is 20.3 Å². The Morgan fingerprint density at radius 3 is 2.67 bits per heavy atom. The first-order chi connectivity index (χ1) is 8.52. The van der Waals surface area contributed by atoms with E-state index >= 15 is 0 Å². The third kappa shape index (κ3) is 2.25. The number of furan rings is 1. The lowest BCUT2D eigenvalue weighted by Crippen LogP contribution is -2.29. The van der Waals surface area contributed by atoms with E-state index in [0.717, 1.165) is 12.2 Å². The molecule has 0 saturated carbocycles. The largest absolute Gasteiger partial charge is 0.481 e. The van der Waals surface area contributed by atoms with Gasteiger partial charge in [0, 0.05) is 19.5 Å². The number of carbonyl (C=O) groups is 2. The van der Waals surface area contributed by atoms with Crippen molar-refractivity contribution in [3.8, 4) is 0 Å². The van der Waals surface area contributed by atoms with Gasteiger partial charge in [0.1, 0.15) is 5.76 Å². The van der Waals surface area contributed by atoms with E-state index in [9.17, 15) is 9.59 Å². The maximum Gasteiger partial charge on any atom is 0.308 e. The number of carboxylic acid groups (broad SMARTS) is 1. The Hall–Kier alpha value is -1.78. The second-order valence-corrected chi connectivity index (χ2v) is 4.75. The van der Waals surface area contributed by atoms with Crippen LogP contribution in [0.1, 0.15) is 30.2 Å². The van der Waals surface area contributed by atoms with Crippen molar-refractivity contribution in [2.75, 3.05) is 13.1 Å². The molecule has 0 radical (unpaired) electrons. The first-order valence-corrected chi connectivity index (χ1v) is 6.13. The number of carboxylic acids is 1. The standard InChI is InChI=1S/C13H17NO4/c1-3-9-4-5-11(18-9)12(15)14-6-8(2)10(7-14)13(16)17/h4-5,8,10H,3,6-7H2,1-2H3,(H,16,17)/t8-,10-/m1/s1. The zero-order chi connectivity index (χ0) is 13.3. The van der Waals surface area contributed by atoms with Gasteiger partial charge in [-0.1, -0.05) is 13.8 Å². The summed E-state index contributed by atoms with van der Waals surface area (Å²) in [6.07, 6.45) is 0.738. The summed E-state index contributed by atoms with van der Waals surface area (Å²) in [7, 11) is 0. The molecule has 0 aliphatic carbocycles. The summed E-state index contributed by atoms with van der Waals surface area (Å²) in [5, 5.41) is 9.03. The molecule has 1 N–H and O–H groups in total. The summed E-state index contributed by atoms with van der Waals surface area (Å²) in [6, 6.07) is 3.43. The summed E-state index contributed by atoms with van der Waals surface area (Å²) in [5.41, 5.74) is 0. The van der Waals surface area contributed by atoms with E-state index in [0.29, 0.717) is 12.3 Å². The van der Waals surface area contributed by atoms with Crippen LogP contribution in [0.2, 0.25) is 0 Å². The highest BCUT2D eigenvalue weighted by atomic mass is 16.4. The Labute approximate surface area is 105 Å². The number of hydrogen-bond acceptors (Lipinski definition) is 3. The maximum atomic E-state index is 12.1. The minimum atomic E-state index is -0.841. The number of amides is 1. The minimum absolute atomic E-state index is 0.0212. The first kappa shape index (κ1) is 12.7. The summed E-state index contributed by atoms with van der Waals surface area (Å²) in [5.74, 6) is -0.496. The number of rotatable bonds is 3. The number of hydrogen-bond donors (Lipinski definition) is 1. The van der Waals surface area contributed by atoms with Gasteiger partial charge in [-0.25, -0.2) is 0 Å². The highest BCUT2D eigenvalue weighted by Crippen LogP contribution is 2.25. The van der Waals surface area contributed by atoms with Gasteiger partial charge in [-0.15, -0.1) is 0 Å². The molecule has 1 aromatic rings. The molecule has 1 aliphatic rings. The van der Waals surface area contributed by atoms with Gasteiger partial charge in [-0.05, 0) is 18.1 Å². The van der Waals surface area contributed by atoms with Crippen molar-refractivity contribution in [3.05, 3.63) is 23.7 Å². The molecule has 5 nitrogen and oxygen atoms in total. The van der Waals surface area contributed by atoms with Gasteiger partial charge in [0.2, 0.25) is 0 Å². The molecule has 2 rings (SSSR count). The van der Waals surface area contributed by atoms with E-state index in [-0.39, 0.29) is 18.4 Å². The lowest BCUT2D eigenvalue weighted by atomic mass is 9.99. The van der Waals surface area contributed by atoms with Crippen LogP contribution >= 0.6 is 0 Å². The highest BCUT2D eigenvalue weighted by molar-refractivity contribution is 5.92. The lowest BCUT2D eigenvalue weighted by molar-refractivity contribution is -0.142. The Morgan fingerprint density at radius 2 is 2.17 bits per heavy atom. The van der Waals surface area contributed by atoms with Gasteiger partial charge < -0.3 is 14.4 Å². The van der Waals surface area contributed by atoms with Crippen LogP contribution in [0.25, 0.3) is 0 Å². The maximum absolute atomic E-state index is 12.1. The predicted octanol–water partition coefficient (Wildman–Crippen LogP) is 1.63. The third-order valence-electron chi connectivity index (χ3n) is 3.44. The number of aryl methyl sites for hydroxylation is 1. The molecule has 1 fully saturated rings. The molecule has 1 amide bonds. The van der Waals surface area contributed by atoms with Gasteiger partial charge in [-0.2, -0.15) is 0 Å². The molecule has 0 bridgehead atoms. The van der Waals surface area contributed by atoms with E-state index in [1.54, 1.807) is 17.0 Å². The van der Waals surface area contributed by atoms with Crippen molar-refractivity contribution >= 4 is 11.9 Å². The van der Waals surface area contributed by atoms with Crippen LogP contribution < -0.4 is 0 Å². The first-order valence-electron chi connectivity index (χ1n) is 6.13.